The molecule has 1 atom stereocenters. The monoisotopic (exact) mass is 442 g/mol. The topological polar surface area (TPSA) is 149 Å². The summed E-state index contributed by atoms with van der Waals surface area (Å²) < 4.78 is 0. The van der Waals surface area contributed by atoms with E-state index in [-0.39, 0.29) is 0 Å². The van der Waals surface area contributed by atoms with Gasteiger partial charge in [0.25, 0.3) is 0 Å². The van der Waals surface area contributed by atoms with E-state index in [1.165, 1.54) is 0 Å². The lowest BCUT2D eigenvalue weighted by Crippen LogP contribution is -2.40. The second kappa shape index (κ2) is 6.62. The van der Waals surface area contributed by atoms with E-state index < -0.39 is 78.1 Å². The molecule has 8 nitrogen and oxygen atoms in total. The Labute approximate surface area is 164 Å². The van der Waals surface area contributed by atoms with Gasteiger partial charge in [-0.2, -0.15) is 0 Å². The number of aliphatic carboxylic acids is 2. The highest BCUT2D eigenvalue weighted by Crippen LogP contribution is 2.49. The Bertz CT molecular complexity index is 936. The van der Waals surface area contributed by atoms with Gasteiger partial charge in [0.2, 0.25) is 0 Å². The molecule has 0 bridgehead atoms. The molecule has 0 heterocycles. The van der Waals surface area contributed by atoms with E-state index >= 15 is 0 Å². The van der Waals surface area contributed by atoms with Gasteiger partial charge in [-0.15, -0.1) is 11.6 Å². The zero-order valence-electron chi connectivity index (χ0n) is 12.1. The van der Waals surface area contributed by atoms with Crippen LogP contribution in [0.3, 0.4) is 0 Å². The number of benzene rings is 1. The standard InChI is InChI=1S/C14H6Cl4O8/c15-7-4(10(19)20)2-1-14(18,13(25)26)9(17)6(12(23)24)3(2)5(8(7)16)11(21)22/h1H2,(H,19,20)(H,21,22)(H,23,24)(H,25,26). The van der Waals surface area contributed by atoms with Crippen LogP contribution in [0.15, 0.2) is 5.03 Å². The van der Waals surface area contributed by atoms with E-state index in [1.54, 1.807) is 0 Å². The summed E-state index contributed by atoms with van der Waals surface area (Å²) in [5.74, 6) is -6.98. The number of fused-ring (bicyclic) bond motifs is 1. The fraction of sp³-hybridized carbons (Fsp3) is 0.143. The summed E-state index contributed by atoms with van der Waals surface area (Å²) in [6.07, 6.45) is -0.826. The zero-order valence-corrected chi connectivity index (χ0v) is 15.2. The smallest absolute Gasteiger partial charge is 0.337 e. The second-order valence-corrected chi connectivity index (χ2v) is 6.90. The summed E-state index contributed by atoms with van der Waals surface area (Å²) in [4.78, 5) is 43.9. The molecule has 12 heteroatoms. The van der Waals surface area contributed by atoms with Gasteiger partial charge in [-0.05, 0) is 5.56 Å². The van der Waals surface area contributed by atoms with Crippen LogP contribution < -0.4 is 0 Å². The van der Waals surface area contributed by atoms with Crippen LogP contribution in [0.2, 0.25) is 10.0 Å². The Kier molecular flexibility index (Phi) is 5.17. The van der Waals surface area contributed by atoms with Crippen LogP contribution in [0.5, 0.6) is 0 Å². The Balaban J connectivity index is 3.18. The maximum atomic E-state index is 11.7. The van der Waals surface area contributed by atoms with Crippen LogP contribution in [-0.2, 0) is 16.0 Å². The number of hydrogen-bond acceptors (Lipinski definition) is 4. The summed E-state index contributed by atoms with van der Waals surface area (Å²) in [6, 6.07) is 0. The van der Waals surface area contributed by atoms with Crippen LogP contribution in [0.1, 0.15) is 31.8 Å². The molecule has 0 fully saturated rings. The lowest BCUT2D eigenvalue weighted by atomic mass is 9.79. The lowest BCUT2D eigenvalue weighted by Gasteiger charge is -2.32. The van der Waals surface area contributed by atoms with Crippen molar-refractivity contribution in [3.05, 3.63) is 37.3 Å². The van der Waals surface area contributed by atoms with E-state index in [9.17, 15) is 39.6 Å². The van der Waals surface area contributed by atoms with Crippen LogP contribution in [0.25, 0.3) is 5.57 Å². The quantitative estimate of drug-likeness (QED) is 0.518. The Morgan fingerprint density at radius 2 is 1.27 bits per heavy atom. The number of carboxylic acids is 4. The number of alkyl halides is 1. The molecule has 1 aliphatic rings. The first kappa shape index (κ1) is 20.3. The molecule has 26 heavy (non-hydrogen) atoms. The molecule has 1 aliphatic carbocycles. The van der Waals surface area contributed by atoms with Gasteiger partial charge in [0.05, 0.1) is 31.8 Å². The maximum absolute atomic E-state index is 11.7. The summed E-state index contributed by atoms with van der Waals surface area (Å²) in [7, 11) is 0. The summed E-state index contributed by atoms with van der Waals surface area (Å²) >= 11 is 23.5. The van der Waals surface area contributed by atoms with Gasteiger partial charge in [0, 0.05) is 12.0 Å². The normalized spacial score (nSPS) is 19.1. The van der Waals surface area contributed by atoms with Crippen molar-refractivity contribution in [2.24, 2.45) is 0 Å². The molecule has 2 rings (SSSR count). The predicted octanol–water partition coefficient (Wildman–Crippen LogP) is 3.04. The fourth-order valence-electron chi connectivity index (χ4n) is 2.61. The Hall–Kier alpha value is -2.00. The summed E-state index contributed by atoms with van der Waals surface area (Å²) in [5, 5.41) is 35.3. The minimum atomic E-state index is -2.53. The summed E-state index contributed by atoms with van der Waals surface area (Å²) in [6.45, 7) is 0. The van der Waals surface area contributed by atoms with Gasteiger partial charge < -0.3 is 20.4 Å². The van der Waals surface area contributed by atoms with Crippen molar-refractivity contribution in [2.45, 2.75) is 11.3 Å². The molecule has 1 unspecified atom stereocenters. The zero-order chi connectivity index (χ0) is 20.1. The third-order valence-corrected chi connectivity index (χ3v) is 5.65. The molecular formula is C14H6Cl4O8. The first-order chi connectivity index (χ1) is 11.9. The van der Waals surface area contributed by atoms with Crippen LogP contribution in [0, 0.1) is 0 Å². The van der Waals surface area contributed by atoms with E-state index in [0.29, 0.717) is 0 Å². The van der Waals surface area contributed by atoms with Crippen LogP contribution in [0.4, 0.5) is 0 Å². The molecule has 0 radical (unpaired) electrons. The molecule has 0 amide bonds. The van der Waals surface area contributed by atoms with Gasteiger partial charge in [-0.1, -0.05) is 34.8 Å². The minimum absolute atomic E-state index is 0.511. The van der Waals surface area contributed by atoms with Crippen molar-refractivity contribution >= 4 is 75.9 Å². The van der Waals surface area contributed by atoms with Crippen molar-refractivity contribution in [1.29, 1.82) is 0 Å². The number of halogens is 4. The molecule has 0 spiro atoms. The van der Waals surface area contributed by atoms with E-state index in [1.807, 2.05) is 0 Å². The average Bonchev–Trinajstić information content (AvgIpc) is 2.49. The molecular weight excluding hydrogens is 438 g/mol. The third kappa shape index (κ3) is 2.79. The highest BCUT2D eigenvalue weighted by Gasteiger charge is 2.50. The summed E-state index contributed by atoms with van der Waals surface area (Å²) in [5.41, 5.74) is -3.73. The minimum Gasteiger partial charge on any atom is -0.480 e. The van der Waals surface area contributed by atoms with Gasteiger partial charge in [0.1, 0.15) is 0 Å². The lowest BCUT2D eigenvalue weighted by molar-refractivity contribution is -0.138. The van der Waals surface area contributed by atoms with E-state index in [4.69, 9.17) is 46.4 Å². The SMILES string of the molecule is O=C(O)C1=C(Cl)C(Cl)(C(=O)O)Cc2c(C(=O)O)c(Cl)c(Cl)c(C(=O)O)c21. The molecule has 0 aromatic heterocycles. The van der Waals surface area contributed by atoms with Crippen molar-refractivity contribution in [2.75, 3.05) is 0 Å². The van der Waals surface area contributed by atoms with Gasteiger partial charge in [-0.25, -0.2) is 19.2 Å². The highest BCUT2D eigenvalue weighted by molar-refractivity contribution is 6.52. The Morgan fingerprint density at radius 1 is 0.808 bits per heavy atom. The highest BCUT2D eigenvalue weighted by atomic mass is 35.5. The maximum Gasteiger partial charge on any atom is 0.337 e. The molecule has 0 aliphatic heterocycles. The van der Waals surface area contributed by atoms with Crippen LogP contribution in [-0.4, -0.2) is 49.2 Å². The van der Waals surface area contributed by atoms with E-state index in [0.717, 1.165) is 0 Å². The molecule has 0 saturated carbocycles. The number of carbonyl (C=O) groups is 4. The molecule has 1 aromatic carbocycles. The van der Waals surface area contributed by atoms with Gasteiger partial charge in [0.15, 0.2) is 4.87 Å². The Morgan fingerprint density at radius 3 is 1.65 bits per heavy atom. The first-order valence-corrected chi connectivity index (χ1v) is 7.94. The average molecular weight is 444 g/mol. The van der Waals surface area contributed by atoms with Gasteiger partial charge in [-0.3, -0.25) is 0 Å². The number of rotatable bonds is 4. The van der Waals surface area contributed by atoms with Crippen LogP contribution >= 0.6 is 46.4 Å². The molecule has 4 N–H and O–H groups in total. The molecule has 0 saturated heterocycles. The van der Waals surface area contributed by atoms with E-state index in [2.05, 4.69) is 0 Å². The number of hydrogen-bond donors (Lipinski definition) is 4. The fourth-order valence-corrected chi connectivity index (χ4v) is 3.72. The van der Waals surface area contributed by atoms with Crippen molar-refractivity contribution in [3.8, 4) is 0 Å². The van der Waals surface area contributed by atoms with Crippen molar-refractivity contribution in [1.82, 2.24) is 0 Å². The van der Waals surface area contributed by atoms with Crippen molar-refractivity contribution in [3.63, 3.8) is 0 Å². The number of carboxylic acid groups (broad SMARTS) is 4. The molecule has 138 valence electrons. The van der Waals surface area contributed by atoms with Gasteiger partial charge >= 0.3 is 23.9 Å². The third-order valence-electron chi connectivity index (χ3n) is 3.70. The second-order valence-electron chi connectivity index (χ2n) is 5.12. The first-order valence-electron chi connectivity index (χ1n) is 6.42. The predicted molar refractivity (Wildman–Crippen MR) is 90.7 cm³/mol. The van der Waals surface area contributed by atoms with Crippen molar-refractivity contribution < 1.29 is 39.6 Å². The largest absolute Gasteiger partial charge is 0.480 e. The molecule has 1 aromatic rings. The number of aromatic carboxylic acids is 2.